The quantitative estimate of drug-likeness (QED) is 0.908. The minimum Gasteiger partial charge on any atom is -0.326 e. The SMILES string of the molecule is CC(=O)Nc1cccc(-c2ccc(S(N)(=O)=O)s2)c1. The number of thiophene rings is 1. The fourth-order valence-electron chi connectivity index (χ4n) is 1.58. The summed E-state index contributed by atoms with van der Waals surface area (Å²) in [7, 11) is -3.67. The first kappa shape index (κ1) is 13.7. The Morgan fingerprint density at radius 3 is 2.58 bits per heavy atom. The Balaban J connectivity index is 2.37. The van der Waals surface area contributed by atoms with Crippen LogP contribution in [0.1, 0.15) is 6.92 Å². The van der Waals surface area contributed by atoms with Gasteiger partial charge in [-0.15, -0.1) is 11.3 Å². The molecule has 0 bridgehead atoms. The number of nitrogens with one attached hydrogen (secondary N) is 1. The summed E-state index contributed by atoms with van der Waals surface area (Å²) in [6.07, 6.45) is 0. The van der Waals surface area contributed by atoms with Crippen LogP contribution in [0.5, 0.6) is 0 Å². The lowest BCUT2D eigenvalue weighted by Crippen LogP contribution is -2.09. The van der Waals surface area contributed by atoms with Crippen molar-refractivity contribution in [2.24, 2.45) is 5.14 Å². The number of amides is 1. The number of sulfonamides is 1. The van der Waals surface area contributed by atoms with Crippen molar-refractivity contribution in [3.63, 3.8) is 0 Å². The maximum atomic E-state index is 11.2. The van der Waals surface area contributed by atoms with Gasteiger partial charge in [0.15, 0.2) is 0 Å². The predicted octanol–water partition coefficient (Wildman–Crippen LogP) is 2.02. The van der Waals surface area contributed by atoms with Crippen LogP contribution in [-0.2, 0) is 14.8 Å². The summed E-state index contributed by atoms with van der Waals surface area (Å²) in [5.74, 6) is -0.159. The van der Waals surface area contributed by atoms with E-state index in [0.717, 1.165) is 21.8 Å². The van der Waals surface area contributed by atoms with Gasteiger partial charge in [-0.3, -0.25) is 4.79 Å². The first-order chi connectivity index (χ1) is 8.86. The van der Waals surface area contributed by atoms with Crippen molar-refractivity contribution in [3.05, 3.63) is 36.4 Å². The van der Waals surface area contributed by atoms with Gasteiger partial charge in [-0.1, -0.05) is 12.1 Å². The maximum absolute atomic E-state index is 11.2. The van der Waals surface area contributed by atoms with Gasteiger partial charge < -0.3 is 5.32 Å². The molecule has 0 saturated carbocycles. The molecule has 5 nitrogen and oxygen atoms in total. The van der Waals surface area contributed by atoms with Crippen molar-refractivity contribution in [1.82, 2.24) is 0 Å². The van der Waals surface area contributed by atoms with Gasteiger partial charge in [0.1, 0.15) is 4.21 Å². The van der Waals surface area contributed by atoms with Gasteiger partial charge in [-0.2, -0.15) is 0 Å². The molecule has 7 heteroatoms. The summed E-state index contributed by atoms with van der Waals surface area (Å²) in [6, 6.07) is 10.3. The average Bonchev–Trinajstić information content (AvgIpc) is 2.77. The molecule has 19 heavy (non-hydrogen) atoms. The minimum absolute atomic E-state index is 0.118. The molecule has 2 rings (SSSR count). The number of hydrogen-bond acceptors (Lipinski definition) is 4. The van der Waals surface area contributed by atoms with Crippen molar-refractivity contribution in [3.8, 4) is 10.4 Å². The molecule has 0 spiro atoms. The van der Waals surface area contributed by atoms with Crippen LogP contribution in [0, 0.1) is 0 Å². The standard InChI is InChI=1S/C12H12N2O3S2/c1-8(15)14-10-4-2-3-9(7-10)11-5-6-12(18-11)19(13,16)17/h2-7H,1H3,(H,14,15)(H2,13,16,17). The van der Waals surface area contributed by atoms with Gasteiger partial charge >= 0.3 is 0 Å². The number of carbonyl (C=O) groups is 1. The minimum atomic E-state index is -3.67. The van der Waals surface area contributed by atoms with Crippen LogP contribution in [0.15, 0.2) is 40.6 Å². The Morgan fingerprint density at radius 2 is 2.00 bits per heavy atom. The fraction of sp³-hybridized carbons (Fsp3) is 0.0833. The Hall–Kier alpha value is -1.70. The Labute approximate surface area is 115 Å². The van der Waals surface area contributed by atoms with Crippen LogP contribution in [0.25, 0.3) is 10.4 Å². The number of primary sulfonamides is 1. The summed E-state index contributed by atoms with van der Waals surface area (Å²) in [5, 5.41) is 7.74. The molecular formula is C12H12N2O3S2. The van der Waals surface area contributed by atoms with E-state index in [2.05, 4.69) is 5.32 Å². The van der Waals surface area contributed by atoms with Gasteiger partial charge in [0.05, 0.1) is 0 Å². The zero-order valence-electron chi connectivity index (χ0n) is 10.1. The lowest BCUT2D eigenvalue weighted by Gasteiger charge is -2.03. The first-order valence-electron chi connectivity index (χ1n) is 5.37. The molecule has 1 aromatic carbocycles. The van der Waals surface area contributed by atoms with Crippen LogP contribution in [0.2, 0.25) is 0 Å². The zero-order valence-corrected chi connectivity index (χ0v) is 11.7. The molecule has 0 unspecified atom stereocenters. The predicted molar refractivity (Wildman–Crippen MR) is 75.4 cm³/mol. The van der Waals surface area contributed by atoms with Gasteiger partial charge in [-0.25, -0.2) is 13.6 Å². The van der Waals surface area contributed by atoms with Gasteiger partial charge in [0.2, 0.25) is 15.9 Å². The van der Waals surface area contributed by atoms with Crippen LogP contribution in [-0.4, -0.2) is 14.3 Å². The molecule has 0 aliphatic heterocycles. The van der Waals surface area contributed by atoms with Crippen molar-refractivity contribution in [1.29, 1.82) is 0 Å². The molecule has 3 N–H and O–H groups in total. The lowest BCUT2D eigenvalue weighted by atomic mass is 10.1. The highest BCUT2D eigenvalue weighted by Gasteiger charge is 2.12. The molecule has 0 aliphatic rings. The molecule has 0 atom stereocenters. The number of carbonyl (C=O) groups excluding carboxylic acids is 1. The Bertz CT molecular complexity index is 720. The fourth-order valence-corrected chi connectivity index (χ4v) is 3.31. The van der Waals surface area contributed by atoms with E-state index in [4.69, 9.17) is 5.14 Å². The molecule has 100 valence electrons. The van der Waals surface area contributed by atoms with E-state index in [1.54, 1.807) is 24.3 Å². The van der Waals surface area contributed by atoms with E-state index < -0.39 is 10.0 Å². The van der Waals surface area contributed by atoms with E-state index in [9.17, 15) is 13.2 Å². The second-order valence-corrected chi connectivity index (χ2v) is 6.80. The average molecular weight is 296 g/mol. The Morgan fingerprint density at radius 1 is 1.26 bits per heavy atom. The third kappa shape index (κ3) is 3.40. The van der Waals surface area contributed by atoms with Crippen LogP contribution < -0.4 is 10.5 Å². The monoisotopic (exact) mass is 296 g/mol. The topological polar surface area (TPSA) is 89.3 Å². The second kappa shape index (κ2) is 5.12. The highest BCUT2D eigenvalue weighted by molar-refractivity contribution is 7.91. The molecule has 0 aliphatic carbocycles. The van der Waals surface area contributed by atoms with Crippen molar-refractivity contribution < 1.29 is 13.2 Å². The molecule has 2 aromatic rings. The molecule has 1 heterocycles. The van der Waals surface area contributed by atoms with E-state index in [1.807, 2.05) is 6.07 Å². The summed E-state index contributed by atoms with van der Waals surface area (Å²) in [4.78, 5) is 11.8. The maximum Gasteiger partial charge on any atom is 0.247 e. The van der Waals surface area contributed by atoms with Crippen molar-refractivity contribution >= 4 is 33.0 Å². The number of anilines is 1. The molecule has 0 saturated heterocycles. The van der Waals surface area contributed by atoms with Crippen LogP contribution in [0.4, 0.5) is 5.69 Å². The van der Waals surface area contributed by atoms with Crippen LogP contribution in [0.3, 0.4) is 0 Å². The number of benzene rings is 1. The normalized spacial score (nSPS) is 11.3. The van der Waals surface area contributed by atoms with Crippen molar-refractivity contribution in [2.45, 2.75) is 11.1 Å². The highest BCUT2D eigenvalue weighted by Crippen LogP contribution is 2.31. The van der Waals surface area contributed by atoms with E-state index >= 15 is 0 Å². The molecule has 1 amide bonds. The third-order valence-corrected chi connectivity index (χ3v) is 4.90. The number of hydrogen-bond donors (Lipinski definition) is 2. The Kier molecular flexibility index (Phi) is 3.70. The highest BCUT2D eigenvalue weighted by atomic mass is 32.2. The largest absolute Gasteiger partial charge is 0.326 e. The van der Waals surface area contributed by atoms with Crippen LogP contribution >= 0.6 is 11.3 Å². The number of rotatable bonds is 3. The summed E-state index contributed by atoms with van der Waals surface area (Å²) < 4.78 is 22.6. The summed E-state index contributed by atoms with van der Waals surface area (Å²) in [6.45, 7) is 1.43. The lowest BCUT2D eigenvalue weighted by molar-refractivity contribution is -0.114. The van der Waals surface area contributed by atoms with E-state index in [1.165, 1.54) is 13.0 Å². The van der Waals surface area contributed by atoms with Gasteiger partial charge in [0, 0.05) is 17.5 Å². The van der Waals surface area contributed by atoms with E-state index in [0.29, 0.717) is 5.69 Å². The van der Waals surface area contributed by atoms with Gasteiger partial charge in [0.25, 0.3) is 0 Å². The third-order valence-electron chi connectivity index (χ3n) is 2.33. The second-order valence-electron chi connectivity index (χ2n) is 3.93. The van der Waals surface area contributed by atoms with E-state index in [-0.39, 0.29) is 10.1 Å². The molecule has 1 aromatic heterocycles. The summed E-state index contributed by atoms with van der Waals surface area (Å²) in [5.41, 5.74) is 1.49. The van der Waals surface area contributed by atoms with Gasteiger partial charge in [-0.05, 0) is 29.8 Å². The number of nitrogens with two attached hydrogens (primary N) is 1. The van der Waals surface area contributed by atoms with Crippen molar-refractivity contribution in [2.75, 3.05) is 5.32 Å². The summed E-state index contributed by atoms with van der Waals surface area (Å²) >= 11 is 1.09. The molecule has 0 radical (unpaired) electrons. The molecule has 0 fully saturated rings. The zero-order chi connectivity index (χ0) is 14.0. The molecular weight excluding hydrogens is 284 g/mol. The smallest absolute Gasteiger partial charge is 0.247 e. The first-order valence-corrected chi connectivity index (χ1v) is 7.73.